The predicted octanol–water partition coefficient (Wildman–Crippen LogP) is 2.01. The number of fused-ring (bicyclic) bond motifs is 1. The van der Waals surface area contributed by atoms with Crippen molar-refractivity contribution in [3.05, 3.63) is 70.8 Å². The second-order valence-corrected chi connectivity index (χ2v) is 6.94. The molecule has 1 atom stereocenters. The summed E-state index contributed by atoms with van der Waals surface area (Å²) >= 11 is 0. The molecule has 1 aliphatic heterocycles. The lowest BCUT2D eigenvalue weighted by Crippen LogP contribution is -2.42. The van der Waals surface area contributed by atoms with Crippen molar-refractivity contribution in [1.82, 2.24) is 15.1 Å². The fourth-order valence-electron chi connectivity index (χ4n) is 3.18. The molecule has 0 saturated heterocycles. The number of likely N-dealkylation sites (N-methyl/N-ethyl adjacent to an activating group) is 1. The van der Waals surface area contributed by atoms with Crippen LogP contribution in [0, 0.1) is 6.92 Å². The van der Waals surface area contributed by atoms with Gasteiger partial charge in [0.25, 0.3) is 11.8 Å². The van der Waals surface area contributed by atoms with Crippen LogP contribution in [-0.4, -0.2) is 54.7 Å². The Bertz CT molecular complexity index is 839. The van der Waals surface area contributed by atoms with Gasteiger partial charge in [0.05, 0.1) is 17.2 Å². The molecule has 0 bridgehead atoms. The Morgan fingerprint density at radius 1 is 1.00 bits per heavy atom. The minimum Gasteiger partial charge on any atom is -0.353 e. The number of amides is 3. The molecule has 1 aliphatic rings. The Labute approximate surface area is 158 Å². The second kappa shape index (κ2) is 7.72. The summed E-state index contributed by atoms with van der Waals surface area (Å²) in [5.41, 5.74) is 2.96. The first-order valence-electron chi connectivity index (χ1n) is 8.83. The summed E-state index contributed by atoms with van der Waals surface area (Å²) in [4.78, 5) is 40.1. The molecule has 0 radical (unpaired) electrons. The fourth-order valence-corrected chi connectivity index (χ4v) is 3.18. The number of carbonyl (C=O) groups is 3. The van der Waals surface area contributed by atoms with E-state index in [1.807, 2.05) is 50.2 Å². The molecule has 0 spiro atoms. The number of nitrogens with zero attached hydrogens (tertiary/aromatic N) is 2. The van der Waals surface area contributed by atoms with Gasteiger partial charge in [-0.15, -0.1) is 0 Å². The topological polar surface area (TPSA) is 69.7 Å². The smallest absolute Gasteiger partial charge is 0.262 e. The molecule has 0 aromatic heterocycles. The van der Waals surface area contributed by atoms with Crippen LogP contribution in [0.25, 0.3) is 0 Å². The number of rotatable bonds is 6. The molecule has 2 aromatic rings. The summed E-state index contributed by atoms with van der Waals surface area (Å²) in [6.07, 6.45) is 0. The summed E-state index contributed by atoms with van der Waals surface area (Å²) in [5.74, 6) is -1.20. The van der Waals surface area contributed by atoms with Crippen molar-refractivity contribution < 1.29 is 14.4 Å². The van der Waals surface area contributed by atoms with E-state index < -0.39 is 11.8 Å². The summed E-state index contributed by atoms with van der Waals surface area (Å²) in [6, 6.07) is 14.8. The average Bonchev–Trinajstić information content (AvgIpc) is 2.88. The third kappa shape index (κ3) is 3.90. The molecule has 27 heavy (non-hydrogen) atoms. The van der Waals surface area contributed by atoms with E-state index in [2.05, 4.69) is 5.32 Å². The zero-order valence-electron chi connectivity index (χ0n) is 15.7. The first-order chi connectivity index (χ1) is 12.9. The summed E-state index contributed by atoms with van der Waals surface area (Å²) in [5, 5.41) is 2.85. The molecule has 0 fully saturated rings. The van der Waals surface area contributed by atoms with E-state index in [0.29, 0.717) is 17.7 Å². The highest BCUT2D eigenvalue weighted by atomic mass is 16.2. The Hall–Kier alpha value is -2.99. The van der Waals surface area contributed by atoms with Gasteiger partial charge in [0.15, 0.2) is 0 Å². The van der Waals surface area contributed by atoms with Gasteiger partial charge < -0.3 is 10.2 Å². The molecule has 3 amide bonds. The molecule has 6 heteroatoms. The van der Waals surface area contributed by atoms with E-state index in [4.69, 9.17) is 0 Å². The maximum Gasteiger partial charge on any atom is 0.262 e. The fraction of sp³-hybridized carbons (Fsp3) is 0.286. The van der Waals surface area contributed by atoms with Gasteiger partial charge in [-0.3, -0.25) is 19.3 Å². The maximum atomic E-state index is 12.4. The van der Waals surface area contributed by atoms with E-state index in [-0.39, 0.29) is 18.5 Å². The molecule has 2 aromatic carbocycles. The van der Waals surface area contributed by atoms with Crippen LogP contribution >= 0.6 is 0 Å². The zero-order chi connectivity index (χ0) is 19.6. The van der Waals surface area contributed by atoms with Crippen LogP contribution in [0.2, 0.25) is 0 Å². The lowest BCUT2D eigenvalue weighted by atomic mass is 10.0. The minimum absolute atomic E-state index is 0.00303. The molecule has 6 nitrogen and oxygen atoms in total. The molecular weight excluding hydrogens is 342 g/mol. The number of aryl methyl sites for hydroxylation is 1. The van der Waals surface area contributed by atoms with Crippen molar-refractivity contribution in [3.63, 3.8) is 0 Å². The summed E-state index contributed by atoms with van der Waals surface area (Å²) < 4.78 is 0. The van der Waals surface area contributed by atoms with Crippen molar-refractivity contribution in [3.8, 4) is 0 Å². The quantitative estimate of drug-likeness (QED) is 0.795. The van der Waals surface area contributed by atoms with E-state index in [9.17, 15) is 14.4 Å². The van der Waals surface area contributed by atoms with Crippen molar-refractivity contribution in [2.24, 2.45) is 0 Å². The van der Waals surface area contributed by atoms with E-state index in [1.165, 1.54) is 5.56 Å². The van der Waals surface area contributed by atoms with Crippen LogP contribution in [0.3, 0.4) is 0 Å². The highest BCUT2D eigenvalue weighted by molar-refractivity contribution is 6.22. The van der Waals surface area contributed by atoms with E-state index in [1.54, 1.807) is 24.3 Å². The third-order valence-corrected chi connectivity index (χ3v) is 4.76. The van der Waals surface area contributed by atoms with Gasteiger partial charge in [0.1, 0.15) is 6.54 Å². The first-order valence-corrected chi connectivity index (χ1v) is 8.83. The molecule has 1 unspecified atom stereocenters. The number of nitrogens with one attached hydrogen (secondary N) is 1. The number of carbonyl (C=O) groups excluding carboxylic acids is 3. The number of benzene rings is 2. The van der Waals surface area contributed by atoms with E-state index in [0.717, 1.165) is 10.5 Å². The van der Waals surface area contributed by atoms with Crippen molar-refractivity contribution >= 4 is 17.7 Å². The van der Waals surface area contributed by atoms with Crippen molar-refractivity contribution in [1.29, 1.82) is 0 Å². The van der Waals surface area contributed by atoms with Gasteiger partial charge in [-0.1, -0.05) is 42.0 Å². The molecule has 3 rings (SSSR count). The second-order valence-electron chi connectivity index (χ2n) is 6.94. The third-order valence-electron chi connectivity index (χ3n) is 4.76. The number of hydrogen-bond donors (Lipinski definition) is 1. The monoisotopic (exact) mass is 365 g/mol. The van der Waals surface area contributed by atoms with Gasteiger partial charge in [-0.25, -0.2) is 0 Å². The van der Waals surface area contributed by atoms with Gasteiger partial charge in [0, 0.05) is 6.54 Å². The Balaban J connectivity index is 1.63. The predicted molar refractivity (Wildman–Crippen MR) is 102 cm³/mol. The standard InChI is InChI=1S/C21H23N3O3/c1-14-8-10-15(11-9-14)18(23(2)3)12-22-19(25)13-24-20(26)16-6-4-5-7-17(16)21(24)27/h4-11,18H,12-13H2,1-3H3,(H,22,25). The normalized spacial score (nSPS) is 14.4. The van der Waals surface area contributed by atoms with Gasteiger partial charge >= 0.3 is 0 Å². The van der Waals surface area contributed by atoms with Gasteiger partial charge in [-0.05, 0) is 38.7 Å². The van der Waals surface area contributed by atoms with E-state index >= 15 is 0 Å². The summed E-state index contributed by atoms with van der Waals surface area (Å²) in [7, 11) is 3.89. The largest absolute Gasteiger partial charge is 0.353 e. The summed E-state index contributed by atoms with van der Waals surface area (Å²) in [6.45, 7) is 2.14. The molecule has 0 saturated carbocycles. The average molecular weight is 365 g/mol. The van der Waals surface area contributed by atoms with Crippen LogP contribution in [0.15, 0.2) is 48.5 Å². The Morgan fingerprint density at radius 3 is 2.07 bits per heavy atom. The maximum absolute atomic E-state index is 12.4. The zero-order valence-corrected chi connectivity index (χ0v) is 15.7. The molecule has 0 aliphatic carbocycles. The highest BCUT2D eigenvalue weighted by Crippen LogP contribution is 2.22. The van der Waals surface area contributed by atoms with Crippen LogP contribution in [-0.2, 0) is 4.79 Å². The molecular formula is C21H23N3O3. The lowest BCUT2D eigenvalue weighted by Gasteiger charge is -2.25. The number of hydrogen-bond acceptors (Lipinski definition) is 4. The van der Waals surface area contributed by atoms with Gasteiger partial charge in [-0.2, -0.15) is 0 Å². The SMILES string of the molecule is Cc1ccc(C(CNC(=O)CN2C(=O)c3ccccc3C2=O)N(C)C)cc1. The van der Waals surface area contributed by atoms with Crippen LogP contribution in [0.4, 0.5) is 0 Å². The van der Waals surface area contributed by atoms with Crippen molar-refractivity contribution in [2.75, 3.05) is 27.2 Å². The molecule has 1 N–H and O–H groups in total. The van der Waals surface area contributed by atoms with Crippen molar-refractivity contribution in [2.45, 2.75) is 13.0 Å². The van der Waals surface area contributed by atoms with Gasteiger partial charge in [0.2, 0.25) is 5.91 Å². The minimum atomic E-state index is -0.423. The lowest BCUT2D eigenvalue weighted by molar-refractivity contribution is -0.121. The Kier molecular flexibility index (Phi) is 5.37. The molecule has 140 valence electrons. The van der Waals surface area contributed by atoms with Crippen LogP contribution in [0.1, 0.15) is 37.9 Å². The van der Waals surface area contributed by atoms with Crippen LogP contribution < -0.4 is 5.32 Å². The first kappa shape index (κ1) is 18.8. The number of imide groups is 1. The Morgan fingerprint density at radius 2 is 1.56 bits per heavy atom. The molecule has 1 heterocycles. The van der Waals surface area contributed by atoms with Crippen LogP contribution in [0.5, 0.6) is 0 Å². The highest BCUT2D eigenvalue weighted by Gasteiger charge is 2.36.